The van der Waals surface area contributed by atoms with Crippen molar-refractivity contribution in [2.45, 2.75) is 33.1 Å². The summed E-state index contributed by atoms with van der Waals surface area (Å²) in [4.78, 5) is 14.4. The molecule has 3 heteroatoms. The SMILES string of the molecule is CCCN(CCC)C(=O)c1ccc2c(c1)NCC2. The predicted molar refractivity (Wildman–Crippen MR) is 75.1 cm³/mol. The fourth-order valence-corrected chi connectivity index (χ4v) is 2.46. The molecule has 18 heavy (non-hydrogen) atoms. The van der Waals surface area contributed by atoms with Crippen molar-refractivity contribution in [3.63, 3.8) is 0 Å². The first-order valence-electron chi connectivity index (χ1n) is 6.92. The van der Waals surface area contributed by atoms with Crippen LogP contribution in [0, 0.1) is 0 Å². The molecular weight excluding hydrogens is 224 g/mol. The molecule has 0 atom stereocenters. The molecule has 0 bridgehead atoms. The van der Waals surface area contributed by atoms with Crippen molar-refractivity contribution >= 4 is 11.6 Å². The van der Waals surface area contributed by atoms with E-state index in [9.17, 15) is 4.79 Å². The molecular formula is C15H22N2O. The second-order valence-corrected chi connectivity index (χ2v) is 4.84. The highest BCUT2D eigenvalue weighted by Crippen LogP contribution is 2.23. The Morgan fingerprint density at radius 1 is 1.28 bits per heavy atom. The Labute approximate surface area is 109 Å². The predicted octanol–water partition coefficient (Wildman–Crippen LogP) is 2.92. The molecule has 1 amide bonds. The van der Waals surface area contributed by atoms with E-state index in [-0.39, 0.29) is 5.91 Å². The van der Waals surface area contributed by atoms with E-state index in [4.69, 9.17) is 0 Å². The number of amides is 1. The van der Waals surface area contributed by atoms with Gasteiger partial charge in [-0.15, -0.1) is 0 Å². The highest BCUT2D eigenvalue weighted by molar-refractivity contribution is 5.95. The molecule has 1 aliphatic rings. The minimum absolute atomic E-state index is 0.162. The first-order chi connectivity index (χ1) is 8.76. The molecule has 0 fully saturated rings. The molecule has 98 valence electrons. The maximum absolute atomic E-state index is 12.4. The number of anilines is 1. The van der Waals surface area contributed by atoms with Gasteiger partial charge in [-0.25, -0.2) is 0 Å². The van der Waals surface area contributed by atoms with Crippen LogP contribution in [-0.4, -0.2) is 30.4 Å². The lowest BCUT2D eigenvalue weighted by Crippen LogP contribution is -2.32. The monoisotopic (exact) mass is 246 g/mol. The number of benzene rings is 1. The lowest BCUT2D eigenvalue weighted by molar-refractivity contribution is 0.0755. The summed E-state index contributed by atoms with van der Waals surface area (Å²) in [5.41, 5.74) is 3.27. The van der Waals surface area contributed by atoms with Gasteiger partial charge in [0.05, 0.1) is 0 Å². The van der Waals surface area contributed by atoms with Crippen LogP contribution in [0.5, 0.6) is 0 Å². The third-order valence-electron chi connectivity index (χ3n) is 3.34. The zero-order chi connectivity index (χ0) is 13.0. The van der Waals surface area contributed by atoms with Crippen LogP contribution >= 0.6 is 0 Å². The van der Waals surface area contributed by atoms with Crippen molar-refractivity contribution in [3.8, 4) is 0 Å². The van der Waals surface area contributed by atoms with Crippen molar-refractivity contribution in [2.24, 2.45) is 0 Å². The van der Waals surface area contributed by atoms with Crippen molar-refractivity contribution in [3.05, 3.63) is 29.3 Å². The molecule has 0 saturated carbocycles. The number of fused-ring (bicyclic) bond motifs is 1. The molecule has 1 aromatic rings. The average Bonchev–Trinajstić information content (AvgIpc) is 2.84. The second-order valence-electron chi connectivity index (χ2n) is 4.84. The van der Waals surface area contributed by atoms with E-state index in [0.717, 1.165) is 50.1 Å². The summed E-state index contributed by atoms with van der Waals surface area (Å²) in [5.74, 6) is 0.162. The lowest BCUT2D eigenvalue weighted by atomic mass is 10.1. The number of hydrogen-bond acceptors (Lipinski definition) is 2. The first kappa shape index (κ1) is 12.9. The van der Waals surface area contributed by atoms with Gasteiger partial charge in [-0.2, -0.15) is 0 Å². The van der Waals surface area contributed by atoms with Gasteiger partial charge in [0.25, 0.3) is 5.91 Å². The van der Waals surface area contributed by atoms with Gasteiger partial charge in [-0.3, -0.25) is 4.79 Å². The smallest absolute Gasteiger partial charge is 0.253 e. The van der Waals surface area contributed by atoms with Gasteiger partial charge in [-0.1, -0.05) is 19.9 Å². The minimum atomic E-state index is 0.162. The molecule has 1 aromatic carbocycles. The van der Waals surface area contributed by atoms with Gasteiger partial charge in [0.1, 0.15) is 0 Å². The van der Waals surface area contributed by atoms with Crippen molar-refractivity contribution in [1.29, 1.82) is 0 Å². The van der Waals surface area contributed by atoms with E-state index in [1.165, 1.54) is 5.56 Å². The second kappa shape index (κ2) is 5.89. The standard InChI is InChI=1S/C15H22N2O/c1-3-9-17(10-4-2)15(18)13-6-5-12-7-8-16-14(12)11-13/h5-6,11,16H,3-4,7-10H2,1-2H3. The normalized spacial score (nSPS) is 13.0. The molecule has 1 N–H and O–H groups in total. The molecule has 3 nitrogen and oxygen atoms in total. The van der Waals surface area contributed by atoms with Crippen LogP contribution in [0.2, 0.25) is 0 Å². The molecule has 1 heterocycles. The van der Waals surface area contributed by atoms with Crippen molar-refractivity contribution < 1.29 is 4.79 Å². The first-order valence-corrected chi connectivity index (χ1v) is 6.92. The Morgan fingerprint density at radius 2 is 2.00 bits per heavy atom. The van der Waals surface area contributed by atoms with Gasteiger partial charge >= 0.3 is 0 Å². The maximum Gasteiger partial charge on any atom is 0.253 e. The molecule has 0 aliphatic carbocycles. The third kappa shape index (κ3) is 2.66. The van der Waals surface area contributed by atoms with Crippen LogP contribution in [-0.2, 0) is 6.42 Å². The Morgan fingerprint density at radius 3 is 2.67 bits per heavy atom. The summed E-state index contributed by atoms with van der Waals surface area (Å²) in [6.07, 6.45) is 3.08. The van der Waals surface area contributed by atoms with E-state index in [0.29, 0.717) is 0 Å². The lowest BCUT2D eigenvalue weighted by Gasteiger charge is -2.21. The Balaban J connectivity index is 2.16. The van der Waals surface area contributed by atoms with Crippen LogP contribution < -0.4 is 5.32 Å². The topological polar surface area (TPSA) is 32.3 Å². The molecule has 2 rings (SSSR count). The maximum atomic E-state index is 12.4. The number of nitrogens with one attached hydrogen (secondary N) is 1. The largest absolute Gasteiger partial charge is 0.384 e. The van der Waals surface area contributed by atoms with E-state index in [2.05, 4.69) is 25.2 Å². The van der Waals surface area contributed by atoms with Gasteiger partial charge in [0.2, 0.25) is 0 Å². The zero-order valence-electron chi connectivity index (χ0n) is 11.3. The van der Waals surface area contributed by atoms with E-state index < -0.39 is 0 Å². The Hall–Kier alpha value is -1.51. The van der Waals surface area contributed by atoms with Crippen molar-refractivity contribution in [2.75, 3.05) is 25.0 Å². The van der Waals surface area contributed by atoms with Gasteiger partial charge in [0, 0.05) is 30.9 Å². The van der Waals surface area contributed by atoms with E-state index in [1.807, 2.05) is 17.0 Å². The van der Waals surface area contributed by atoms with Crippen LogP contribution in [0.4, 0.5) is 5.69 Å². The van der Waals surface area contributed by atoms with E-state index in [1.54, 1.807) is 0 Å². The number of carbonyl (C=O) groups is 1. The zero-order valence-corrected chi connectivity index (χ0v) is 11.3. The fourth-order valence-electron chi connectivity index (χ4n) is 2.46. The van der Waals surface area contributed by atoms with Crippen LogP contribution in [0.25, 0.3) is 0 Å². The quantitative estimate of drug-likeness (QED) is 0.866. The number of carbonyl (C=O) groups excluding carboxylic acids is 1. The average molecular weight is 246 g/mol. The highest BCUT2D eigenvalue weighted by atomic mass is 16.2. The Bertz CT molecular complexity index is 423. The Kier molecular flexibility index (Phi) is 4.24. The van der Waals surface area contributed by atoms with Gasteiger partial charge < -0.3 is 10.2 Å². The summed E-state index contributed by atoms with van der Waals surface area (Å²) < 4.78 is 0. The minimum Gasteiger partial charge on any atom is -0.384 e. The molecule has 1 aliphatic heterocycles. The summed E-state index contributed by atoms with van der Waals surface area (Å²) >= 11 is 0. The van der Waals surface area contributed by atoms with Gasteiger partial charge in [0.15, 0.2) is 0 Å². The molecule has 0 unspecified atom stereocenters. The summed E-state index contributed by atoms with van der Waals surface area (Å²) in [6.45, 7) is 6.90. The summed E-state index contributed by atoms with van der Waals surface area (Å²) in [6, 6.07) is 6.05. The van der Waals surface area contributed by atoms with Crippen molar-refractivity contribution in [1.82, 2.24) is 4.90 Å². The number of rotatable bonds is 5. The van der Waals surface area contributed by atoms with Crippen LogP contribution in [0.1, 0.15) is 42.6 Å². The molecule has 0 radical (unpaired) electrons. The highest BCUT2D eigenvalue weighted by Gasteiger charge is 2.17. The molecule has 0 saturated heterocycles. The number of hydrogen-bond donors (Lipinski definition) is 1. The summed E-state index contributed by atoms with van der Waals surface area (Å²) in [7, 11) is 0. The summed E-state index contributed by atoms with van der Waals surface area (Å²) in [5, 5.41) is 3.33. The van der Waals surface area contributed by atoms with Crippen LogP contribution in [0.3, 0.4) is 0 Å². The fraction of sp³-hybridized carbons (Fsp3) is 0.533. The third-order valence-corrected chi connectivity index (χ3v) is 3.34. The van der Waals surface area contributed by atoms with Gasteiger partial charge in [-0.05, 0) is 37.0 Å². The van der Waals surface area contributed by atoms with E-state index >= 15 is 0 Å². The molecule has 0 spiro atoms. The number of nitrogens with zero attached hydrogens (tertiary/aromatic N) is 1. The van der Waals surface area contributed by atoms with Crippen LogP contribution in [0.15, 0.2) is 18.2 Å². The molecule has 0 aromatic heterocycles.